The van der Waals surface area contributed by atoms with E-state index in [2.05, 4.69) is 0 Å². The highest BCUT2D eigenvalue weighted by Gasteiger charge is 2.20. The minimum absolute atomic E-state index is 0.0539. The van der Waals surface area contributed by atoms with E-state index in [0.29, 0.717) is 20.2 Å². The van der Waals surface area contributed by atoms with Gasteiger partial charge < -0.3 is 0 Å². The zero-order valence-corrected chi connectivity index (χ0v) is 18.3. The molecule has 0 bridgehead atoms. The monoisotopic (exact) mass is 435 g/mol. The van der Waals surface area contributed by atoms with Gasteiger partial charge in [-0.3, -0.25) is 9.68 Å². The molecule has 1 aromatic heterocycles. The number of sulfonamides is 1. The van der Waals surface area contributed by atoms with Crippen molar-refractivity contribution in [3.05, 3.63) is 52.2 Å². The molecule has 2 aromatic carbocycles. The molecule has 0 fully saturated rings. The Labute approximate surface area is 172 Å². The number of hydrogen-bond donors (Lipinski definition) is 0. The van der Waals surface area contributed by atoms with Crippen LogP contribution in [0.4, 0.5) is 0 Å². The first-order valence-corrected chi connectivity index (χ1v) is 11.0. The summed E-state index contributed by atoms with van der Waals surface area (Å²) >= 11 is 1.29. The van der Waals surface area contributed by atoms with Crippen molar-refractivity contribution in [2.24, 2.45) is 0 Å². The first-order chi connectivity index (χ1) is 13.4. The summed E-state index contributed by atoms with van der Waals surface area (Å²) in [6, 6.07) is 9.05. The van der Waals surface area contributed by atoms with E-state index in [9.17, 15) is 18.0 Å². The van der Waals surface area contributed by atoms with Crippen molar-refractivity contribution >= 4 is 47.5 Å². The normalized spacial score (nSPS) is 12.6. The van der Waals surface area contributed by atoms with Gasteiger partial charge in [0.25, 0.3) is 0 Å². The number of nitrogens with zero attached hydrogens (tertiary/aromatic N) is 1. The molecule has 7 nitrogen and oxygen atoms in total. The van der Waals surface area contributed by atoms with E-state index in [1.165, 1.54) is 49.7 Å². The van der Waals surface area contributed by atoms with Crippen LogP contribution >= 0.6 is 11.3 Å². The maximum absolute atomic E-state index is 12.9. The standard InChI is InChI=1S/C20H21NO6S2/c1-20(2,3)27-26-19(23)12-6-8-14-17(10-12)28-16-9-7-13(11-15(16)18(14)22)29(24,25)21(4)5/h6-11H,1-5H3. The van der Waals surface area contributed by atoms with Gasteiger partial charge in [0.2, 0.25) is 10.0 Å². The summed E-state index contributed by atoms with van der Waals surface area (Å²) < 4.78 is 27.0. The van der Waals surface area contributed by atoms with Crippen LogP contribution in [0.25, 0.3) is 20.2 Å². The van der Waals surface area contributed by atoms with Crippen LogP contribution in [0.5, 0.6) is 0 Å². The Morgan fingerprint density at radius 3 is 2.31 bits per heavy atom. The van der Waals surface area contributed by atoms with Gasteiger partial charge in [0, 0.05) is 34.3 Å². The Morgan fingerprint density at radius 2 is 1.69 bits per heavy atom. The summed E-state index contributed by atoms with van der Waals surface area (Å²) in [5, 5.41) is 0.715. The molecular weight excluding hydrogens is 414 g/mol. The minimum atomic E-state index is -3.65. The Bertz CT molecular complexity index is 1270. The molecule has 0 aliphatic rings. The van der Waals surface area contributed by atoms with Gasteiger partial charge in [-0.2, -0.15) is 4.89 Å². The van der Waals surface area contributed by atoms with Crippen LogP contribution in [0.2, 0.25) is 0 Å². The van der Waals surface area contributed by atoms with E-state index in [0.717, 1.165) is 4.31 Å². The molecular formula is C20H21NO6S2. The number of hydrogen-bond acceptors (Lipinski definition) is 7. The third-order valence-corrected chi connectivity index (χ3v) is 6.97. The highest BCUT2D eigenvalue weighted by Crippen LogP contribution is 2.28. The van der Waals surface area contributed by atoms with E-state index in [4.69, 9.17) is 9.78 Å². The maximum atomic E-state index is 12.9. The number of rotatable bonds is 4. The first kappa shape index (κ1) is 21.4. The second kappa shape index (κ2) is 7.49. The van der Waals surface area contributed by atoms with Crippen molar-refractivity contribution in [3.8, 4) is 0 Å². The molecule has 0 radical (unpaired) electrons. The minimum Gasteiger partial charge on any atom is -0.292 e. The number of fused-ring (bicyclic) bond motifs is 2. The number of carbonyl (C=O) groups excluding carboxylic acids is 1. The van der Waals surface area contributed by atoms with Gasteiger partial charge in [-0.1, -0.05) is 0 Å². The van der Waals surface area contributed by atoms with Crippen LogP contribution in [-0.4, -0.2) is 38.4 Å². The largest absolute Gasteiger partial charge is 0.373 e. The molecule has 0 saturated heterocycles. The predicted octanol–water partition coefficient (Wildman–Crippen LogP) is 3.55. The molecule has 0 spiro atoms. The van der Waals surface area contributed by atoms with Crippen LogP contribution in [0.15, 0.2) is 46.1 Å². The summed E-state index contributed by atoms with van der Waals surface area (Å²) in [6.45, 7) is 5.26. The van der Waals surface area contributed by atoms with E-state index in [1.807, 2.05) is 0 Å². The summed E-state index contributed by atoms with van der Waals surface area (Å²) in [6.07, 6.45) is 0. The lowest BCUT2D eigenvalue weighted by Crippen LogP contribution is -2.22. The maximum Gasteiger partial charge on any atom is 0.373 e. The van der Waals surface area contributed by atoms with E-state index in [-0.39, 0.29) is 15.9 Å². The third kappa shape index (κ3) is 4.32. The van der Waals surface area contributed by atoms with Crippen molar-refractivity contribution in [3.63, 3.8) is 0 Å². The van der Waals surface area contributed by atoms with E-state index >= 15 is 0 Å². The molecule has 0 atom stereocenters. The highest BCUT2D eigenvalue weighted by molar-refractivity contribution is 7.89. The van der Waals surface area contributed by atoms with Crippen LogP contribution < -0.4 is 5.43 Å². The molecule has 3 aromatic rings. The highest BCUT2D eigenvalue weighted by atomic mass is 32.2. The van der Waals surface area contributed by atoms with Crippen LogP contribution in [0.3, 0.4) is 0 Å². The van der Waals surface area contributed by atoms with Gasteiger partial charge in [-0.25, -0.2) is 17.5 Å². The fourth-order valence-corrected chi connectivity index (χ4v) is 4.56. The van der Waals surface area contributed by atoms with Crippen LogP contribution in [0, 0.1) is 0 Å². The van der Waals surface area contributed by atoms with Gasteiger partial charge in [0.15, 0.2) is 5.43 Å². The smallest absolute Gasteiger partial charge is 0.292 e. The van der Waals surface area contributed by atoms with Crippen molar-refractivity contribution in [1.29, 1.82) is 0 Å². The summed E-state index contributed by atoms with van der Waals surface area (Å²) in [5.41, 5.74) is -0.683. The molecule has 0 amide bonds. The fraction of sp³-hybridized carbons (Fsp3) is 0.300. The Balaban J connectivity index is 2.09. The number of benzene rings is 2. The van der Waals surface area contributed by atoms with Crippen molar-refractivity contribution in [2.45, 2.75) is 31.3 Å². The molecule has 0 unspecified atom stereocenters. The van der Waals surface area contributed by atoms with Crippen molar-refractivity contribution in [2.75, 3.05) is 14.1 Å². The quantitative estimate of drug-likeness (QED) is 0.354. The lowest BCUT2D eigenvalue weighted by atomic mass is 10.1. The van der Waals surface area contributed by atoms with Crippen LogP contribution in [0.1, 0.15) is 31.1 Å². The molecule has 154 valence electrons. The number of carbonyl (C=O) groups is 1. The molecule has 0 saturated carbocycles. The molecule has 3 rings (SSSR count). The van der Waals surface area contributed by atoms with Gasteiger partial charge in [0.1, 0.15) is 5.60 Å². The van der Waals surface area contributed by atoms with Gasteiger partial charge in [-0.15, -0.1) is 11.3 Å². The second-order valence-electron chi connectivity index (χ2n) is 7.65. The Hall–Kier alpha value is -2.33. The molecule has 29 heavy (non-hydrogen) atoms. The molecule has 0 N–H and O–H groups in total. The molecule has 9 heteroatoms. The predicted molar refractivity (Wildman–Crippen MR) is 113 cm³/mol. The topological polar surface area (TPSA) is 90.0 Å². The molecule has 1 heterocycles. The zero-order chi connectivity index (χ0) is 21.6. The third-order valence-electron chi connectivity index (χ3n) is 4.02. The van der Waals surface area contributed by atoms with E-state index in [1.54, 1.807) is 32.9 Å². The SMILES string of the molecule is CN(C)S(=O)(=O)c1ccc2sc3cc(C(=O)OOC(C)(C)C)ccc3c(=O)c2c1. The average molecular weight is 436 g/mol. The van der Waals surface area contributed by atoms with Gasteiger partial charge >= 0.3 is 5.97 Å². The van der Waals surface area contributed by atoms with Crippen molar-refractivity contribution in [1.82, 2.24) is 4.31 Å². The summed E-state index contributed by atoms with van der Waals surface area (Å²) in [4.78, 5) is 35.1. The molecule has 0 aliphatic heterocycles. The van der Waals surface area contributed by atoms with Gasteiger partial charge in [-0.05, 0) is 57.2 Å². The van der Waals surface area contributed by atoms with Crippen molar-refractivity contribution < 1.29 is 23.0 Å². The van der Waals surface area contributed by atoms with Crippen LogP contribution in [-0.2, 0) is 19.8 Å². The first-order valence-electron chi connectivity index (χ1n) is 8.73. The lowest BCUT2D eigenvalue weighted by Gasteiger charge is -2.16. The summed E-state index contributed by atoms with van der Waals surface area (Å²) in [5.74, 6) is -0.658. The average Bonchev–Trinajstić information content (AvgIpc) is 2.64. The fourth-order valence-electron chi connectivity index (χ4n) is 2.54. The second-order valence-corrected chi connectivity index (χ2v) is 10.9. The zero-order valence-electron chi connectivity index (χ0n) is 16.7. The summed E-state index contributed by atoms with van der Waals surface area (Å²) in [7, 11) is -0.781. The van der Waals surface area contributed by atoms with Gasteiger partial charge in [0.05, 0.1) is 10.5 Å². The molecule has 0 aliphatic carbocycles. The Morgan fingerprint density at radius 1 is 1.00 bits per heavy atom. The lowest BCUT2D eigenvalue weighted by molar-refractivity contribution is -0.301. The van der Waals surface area contributed by atoms with E-state index < -0.39 is 21.6 Å². The Kier molecular flexibility index (Phi) is 5.52.